The maximum atomic E-state index is 11.4. The highest BCUT2D eigenvalue weighted by Gasteiger charge is 2.23. The summed E-state index contributed by atoms with van der Waals surface area (Å²) < 4.78 is 1.73. The van der Waals surface area contributed by atoms with Crippen LogP contribution in [0.15, 0.2) is 24.8 Å². The summed E-state index contributed by atoms with van der Waals surface area (Å²) in [4.78, 5) is 36.0. The first-order valence-electron chi connectivity index (χ1n) is 5.61. The van der Waals surface area contributed by atoms with E-state index < -0.39 is 0 Å². The summed E-state index contributed by atoms with van der Waals surface area (Å²) in [6, 6.07) is 0. The number of nitrogens with zero attached hydrogens (tertiary/aromatic N) is 5. The zero-order valence-corrected chi connectivity index (χ0v) is 9.85. The quantitative estimate of drug-likeness (QED) is 0.732. The van der Waals surface area contributed by atoms with Crippen LogP contribution in [-0.4, -0.2) is 42.8 Å². The first-order chi connectivity index (χ1) is 9.16. The summed E-state index contributed by atoms with van der Waals surface area (Å²) in [5.74, 6) is -0.300. The van der Waals surface area contributed by atoms with Gasteiger partial charge in [-0.05, 0) is 0 Å². The summed E-state index contributed by atoms with van der Waals surface area (Å²) in [5, 5.41) is 0. The van der Waals surface area contributed by atoms with Gasteiger partial charge < -0.3 is 10.3 Å². The Bertz CT molecular complexity index is 686. The molecular weight excluding hydrogens is 248 g/mol. The summed E-state index contributed by atoms with van der Waals surface area (Å²) in [6.45, 7) is 0.673. The van der Waals surface area contributed by atoms with Crippen LogP contribution in [0.5, 0.6) is 0 Å². The minimum absolute atomic E-state index is 0.264. The van der Waals surface area contributed by atoms with Gasteiger partial charge in [0.25, 0.3) is 11.8 Å². The number of rotatable bonds is 3. The highest BCUT2D eigenvalue weighted by atomic mass is 16.2. The van der Waals surface area contributed by atoms with E-state index in [1.807, 2.05) is 0 Å². The molecule has 0 bridgehead atoms. The Balaban J connectivity index is 1.81. The number of imide groups is 1. The average molecular weight is 258 g/mol. The summed E-state index contributed by atoms with van der Waals surface area (Å²) in [5.41, 5.74) is 6.77. The lowest BCUT2D eigenvalue weighted by molar-refractivity contribution is -0.136. The van der Waals surface area contributed by atoms with Crippen LogP contribution < -0.4 is 5.73 Å². The molecule has 0 radical (unpaired) electrons. The predicted octanol–water partition coefficient (Wildman–Crippen LogP) is -0.667. The van der Waals surface area contributed by atoms with Crippen molar-refractivity contribution in [1.82, 2.24) is 24.4 Å². The number of hydrogen-bond acceptors (Lipinski definition) is 6. The van der Waals surface area contributed by atoms with Crippen LogP contribution in [0.3, 0.4) is 0 Å². The predicted molar refractivity (Wildman–Crippen MR) is 65.6 cm³/mol. The number of carbonyl (C=O) groups excluding carboxylic acids is 2. The molecule has 0 spiro atoms. The number of amides is 2. The minimum atomic E-state index is -0.302. The van der Waals surface area contributed by atoms with E-state index in [4.69, 9.17) is 5.73 Å². The number of nitrogen functional groups attached to an aromatic ring is 1. The van der Waals surface area contributed by atoms with Crippen LogP contribution in [0.4, 0.5) is 5.82 Å². The molecule has 8 heteroatoms. The topological polar surface area (TPSA) is 107 Å². The van der Waals surface area contributed by atoms with Gasteiger partial charge in [-0.1, -0.05) is 0 Å². The van der Waals surface area contributed by atoms with Crippen molar-refractivity contribution in [3.63, 3.8) is 0 Å². The zero-order valence-electron chi connectivity index (χ0n) is 9.85. The van der Waals surface area contributed by atoms with Gasteiger partial charge in [0.05, 0.1) is 6.33 Å². The zero-order chi connectivity index (χ0) is 13.4. The van der Waals surface area contributed by atoms with E-state index >= 15 is 0 Å². The third-order valence-electron chi connectivity index (χ3n) is 2.89. The largest absolute Gasteiger partial charge is 0.382 e. The smallest absolute Gasteiger partial charge is 0.253 e. The molecule has 0 unspecified atom stereocenters. The van der Waals surface area contributed by atoms with E-state index in [9.17, 15) is 9.59 Å². The van der Waals surface area contributed by atoms with Crippen molar-refractivity contribution in [2.24, 2.45) is 0 Å². The molecule has 0 fully saturated rings. The molecule has 1 aliphatic heterocycles. The fourth-order valence-corrected chi connectivity index (χ4v) is 1.92. The highest BCUT2D eigenvalue weighted by molar-refractivity contribution is 6.12. The maximum absolute atomic E-state index is 11.4. The molecule has 0 aromatic carbocycles. The van der Waals surface area contributed by atoms with Gasteiger partial charge in [0.1, 0.15) is 11.8 Å². The van der Waals surface area contributed by atoms with Crippen molar-refractivity contribution in [1.29, 1.82) is 0 Å². The van der Waals surface area contributed by atoms with Gasteiger partial charge in [-0.15, -0.1) is 0 Å². The number of nitrogens with two attached hydrogens (primary N) is 1. The lowest BCUT2D eigenvalue weighted by Crippen LogP contribution is -2.33. The molecule has 2 aromatic heterocycles. The molecule has 0 aliphatic carbocycles. The van der Waals surface area contributed by atoms with Crippen LogP contribution >= 0.6 is 0 Å². The molecule has 0 saturated carbocycles. The molecular formula is C11H10N6O2. The molecule has 0 atom stereocenters. The van der Waals surface area contributed by atoms with Crippen molar-refractivity contribution in [3.05, 3.63) is 24.8 Å². The molecule has 1 aliphatic rings. The van der Waals surface area contributed by atoms with Crippen LogP contribution in [0.25, 0.3) is 11.2 Å². The molecule has 96 valence electrons. The average Bonchev–Trinajstić information content (AvgIpc) is 2.94. The van der Waals surface area contributed by atoms with E-state index in [-0.39, 0.29) is 18.4 Å². The van der Waals surface area contributed by atoms with Gasteiger partial charge in [0.2, 0.25) is 0 Å². The molecule has 2 amide bonds. The molecule has 3 heterocycles. The van der Waals surface area contributed by atoms with Crippen molar-refractivity contribution in [3.8, 4) is 0 Å². The number of carbonyl (C=O) groups is 2. The van der Waals surface area contributed by atoms with Gasteiger partial charge in [-0.25, -0.2) is 15.0 Å². The molecule has 0 saturated heterocycles. The van der Waals surface area contributed by atoms with Crippen molar-refractivity contribution in [2.45, 2.75) is 6.54 Å². The summed E-state index contributed by atoms with van der Waals surface area (Å²) in [7, 11) is 0. The first-order valence-corrected chi connectivity index (χ1v) is 5.61. The number of hydrogen-bond donors (Lipinski definition) is 1. The van der Waals surface area contributed by atoms with E-state index in [0.717, 1.165) is 4.90 Å². The number of imidazole rings is 1. The fourth-order valence-electron chi connectivity index (χ4n) is 1.92. The van der Waals surface area contributed by atoms with Crippen LogP contribution in [0.1, 0.15) is 0 Å². The standard InChI is InChI=1S/C11H10N6O2/c12-10-9-11(14-5-13-10)16(6-15-9)3-4-17-7(18)1-2-8(17)19/h1-2,5-6H,3-4H2,(H2,12,13,14). The maximum Gasteiger partial charge on any atom is 0.253 e. The second-order valence-corrected chi connectivity index (χ2v) is 4.03. The summed E-state index contributed by atoms with van der Waals surface area (Å²) in [6.07, 6.45) is 5.43. The number of anilines is 1. The van der Waals surface area contributed by atoms with Crippen molar-refractivity contribution in [2.75, 3.05) is 12.3 Å². The Labute approximate surface area is 107 Å². The fraction of sp³-hybridized carbons (Fsp3) is 0.182. The second-order valence-electron chi connectivity index (χ2n) is 4.03. The third kappa shape index (κ3) is 1.82. The van der Waals surface area contributed by atoms with Crippen molar-refractivity contribution >= 4 is 28.8 Å². The van der Waals surface area contributed by atoms with E-state index in [1.165, 1.54) is 18.5 Å². The van der Waals surface area contributed by atoms with Gasteiger partial charge in [0, 0.05) is 25.2 Å². The van der Waals surface area contributed by atoms with Gasteiger partial charge in [-0.2, -0.15) is 0 Å². The van der Waals surface area contributed by atoms with Crippen LogP contribution in [-0.2, 0) is 16.1 Å². The lowest BCUT2D eigenvalue weighted by atomic mass is 10.4. The van der Waals surface area contributed by atoms with E-state index in [2.05, 4.69) is 15.0 Å². The molecule has 2 aromatic rings. The minimum Gasteiger partial charge on any atom is -0.382 e. The second kappa shape index (κ2) is 4.16. The summed E-state index contributed by atoms with van der Waals surface area (Å²) >= 11 is 0. The molecule has 8 nitrogen and oxygen atoms in total. The number of fused-ring (bicyclic) bond motifs is 1. The van der Waals surface area contributed by atoms with Crippen LogP contribution in [0, 0.1) is 0 Å². The molecule has 3 rings (SSSR count). The normalized spacial score (nSPS) is 14.8. The van der Waals surface area contributed by atoms with Crippen molar-refractivity contribution < 1.29 is 9.59 Å². The Morgan fingerprint density at radius 2 is 1.79 bits per heavy atom. The van der Waals surface area contributed by atoms with Crippen LogP contribution in [0.2, 0.25) is 0 Å². The molecule has 19 heavy (non-hydrogen) atoms. The Morgan fingerprint density at radius 1 is 1.05 bits per heavy atom. The Kier molecular flexibility index (Phi) is 2.48. The van der Waals surface area contributed by atoms with E-state index in [1.54, 1.807) is 10.9 Å². The Hall–Kier alpha value is -2.77. The first kappa shape index (κ1) is 11.3. The van der Waals surface area contributed by atoms with Gasteiger partial charge in [0.15, 0.2) is 11.5 Å². The highest BCUT2D eigenvalue weighted by Crippen LogP contribution is 2.14. The third-order valence-corrected chi connectivity index (χ3v) is 2.89. The Morgan fingerprint density at radius 3 is 2.53 bits per heavy atom. The van der Waals surface area contributed by atoms with Gasteiger partial charge >= 0.3 is 0 Å². The number of aromatic nitrogens is 4. The monoisotopic (exact) mass is 258 g/mol. The lowest BCUT2D eigenvalue weighted by Gasteiger charge is -2.13. The van der Waals surface area contributed by atoms with E-state index in [0.29, 0.717) is 23.5 Å². The molecule has 2 N–H and O–H groups in total. The SMILES string of the molecule is Nc1ncnc2c1ncn2CCN1C(=O)C=CC1=O. The van der Waals surface area contributed by atoms with Gasteiger partial charge in [-0.3, -0.25) is 14.5 Å².